The van der Waals surface area contributed by atoms with E-state index in [1.807, 2.05) is 6.07 Å². The Morgan fingerprint density at radius 2 is 1.83 bits per heavy atom. The van der Waals surface area contributed by atoms with Crippen molar-refractivity contribution in [3.63, 3.8) is 0 Å². The molecule has 1 saturated carbocycles. The van der Waals surface area contributed by atoms with Crippen LogP contribution < -0.4 is 5.32 Å². The molecule has 1 aliphatic heterocycles. The Hall–Kier alpha value is -2.46. The summed E-state index contributed by atoms with van der Waals surface area (Å²) in [6, 6.07) is 16.6. The van der Waals surface area contributed by atoms with Crippen LogP contribution in [0.4, 0.5) is 5.69 Å². The Kier molecular flexibility index (Phi) is 6.96. The summed E-state index contributed by atoms with van der Waals surface area (Å²) in [6.45, 7) is 2.08. The zero-order chi connectivity index (χ0) is 20.8. The highest BCUT2D eigenvalue weighted by molar-refractivity contribution is 5.57. The fraction of sp³-hybridized carbons (Fsp3) is 0.462. The molecule has 1 heterocycles. The number of benzene rings is 2. The van der Waals surface area contributed by atoms with E-state index in [0.717, 1.165) is 49.9 Å². The van der Waals surface area contributed by atoms with Gasteiger partial charge in [-0.25, -0.2) is 0 Å². The van der Waals surface area contributed by atoms with E-state index in [4.69, 9.17) is 0 Å². The van der Waals surface area contributed by atoms with Crippen molar-refractivity contribution < 1.29 is 4.92 Å². The van der Waals surface area contributed by atoms with Crippen molar-refractivity contribution in [2.24, 2.45) is 5.92 Å². The molecule has 4 heteroatoms. The topological polar surface area (TPSA) is 55.2 Å². The molecule has 0 aromatic heterocycles. The van der Waals surface area contributed by atoms with Crippen LogP contribution in [0.1, 0.15) is 73.5 Å². The minimum absolute atomic E-state index is 0.197. The number of nitro groups is 1. The quantitative estimate of drug-likeness (QED) is 0.445. The maximum atomic E-state index is 11.7. The second-order valence-electron chi connectivity index (χ2n) is 8.82. The second-order valence-corrected chi connectivity index (χ2v) is 8.82. The van der Waals surface area contributed by atoms with Gasteiger partial charge in [0.2, 0.25) is 0 Å². The third-order valence-corrected chi connectivity index (χ3v) is 6.88. The van der Waals surface area contributed by atoms with Crippen molar-refractivity contribution in [3.05, 3.63) is 81.4 Å². The molecule has 0 unspecified atom stereocenters. The number of nitrogens with one attached hydrogen (secondary N) is 1. The molecule has 0 amide bonds. The molecule has 2 atom stereocenters. The summed E-state index contributed by atoms with van der Waals surface area (Å²) in [5.41, 5.74) is 3.58. The van der Waals surface area contributed by atoms with Gasteiger partial charge in [0, 0.05) is 11.6 Å². The molecule has 0 spiro atoms. The van der Waals surface area contributed by atoms with Crippen LogP contribution in [0, 0.1) is 16.0 Å². The molecule has 4 rings (SSSR count). The summed E-state index contributed by atoms with van der Waals surface area (Å²) < 4.78 is 0. The van der Waals surface area contributed by atoms with Gasteiger partial charge in [0.05, 0.1) is 4.92 Å². The Morgan fingerprint density at radius 3 is 2.60 bits per heavy atom. The van der Waals surface area contributed by atoms with Crippen LogP contribution >= 0.6 is 0 Å². The van der Waals surface area contributed by atoms with Gasteiger partial charge >= 0.3 is 0 Å². The van der Waals surface area contributed by atoms with Crippen molar-refractivity contribution in [2.45, 2.75) is 56.8 Å². The van der Waals surface area contributed by atoms with Crippen molar-refractivity contribution in [1.82, 2.24) is 5.32 Å². The summed E-state index contributed by atoms with van der Waals surface area (Å²) >= 11 is 0. The number of nitro benzene ring substituents is 1. The van der Waals surface area contributed by atoms with Crippen LogP contribution in [0.15, 0.2) is 54.6 Å². The van der Waals surface area contributed by atoms with Gasteiger partial charge < -0.3 is 5.32 Å². The lowest BCUT2D eigenvalue weighted by molar-refractivity contribution is -0.385. The highest BCUT2D eigenvalue weighted by atomic mass is 16.6. The molecule has 1 N–H and O–H groups in total. The SMILES string of the molecule is O=[N+]([O-])c1cc(C=CC[C@H]2CNCC[C@@H]2c2ccccc2)ccc1C1CCCCC1. The van der Waals surface area contributed by atoms with Crippen LogP contribution in [0.5, 0.6) is 0 Å². The molecule has 2 fully saturated rings. The first-order valence-corrected chi connectivity index (χ1v) is 11.4. The summed E-state index contributed by atoms with van der Waals surface area (Å²) in [5.74, 6) is 1.46. The third-order valence-electron chi connectivity index (χ3n) is 6.88. The van der Waals surface area contributed by atoms with Gasteiger partial charge in [-0.2, -0.15) is 0 Å². The van der Waals surface area contributed by atoms with Crippen molar-refractivity contribution in [2.75, 3.05) is 13.1 Å². The van der Waals surface area contributed by atoms with Gasteiger partial charge in [-0.05, 0) is 67.7 Å². The van der Waals surface area contributed by atoms with Gasteiger partial charge in [0.25, 0.3) is 5.69 Å². The molecular weight excluding hydrogens is 372 g/mol. The fourth-order valence-corrected chi connectivity index (χ4v) is 5.27. The Balaban J connectivity index is 1.46. The minimum Gasteiger partial charge on any atom is -0.316 e. The smallest absolute Gasteiger partial charge is 0.273 e. The first kappa shape index (κ1) is 20.8. The van der Waals surface area contributed by atoms with Gasteiger partial charge in [-0.3, -0.25) is 10.1 Å². The molecule has 2 aliphatic rings. The van der Waals surface area contributed by atoms with E-state index >= 15 is 0 Å². The molecule has 158 valence electrons. The normalized spacial score (nSPS) is 22.9. The van der Waals surface area contributed by atoms with E-state index in [-0.39, 0.29) is 4.92 Å². The van der Waals surface area contributed by atoms with Gasteiger partial charge in [-0.15, -0.1) is 0 Å². The third kappa shape index (κ3) is 4.99. The lowest BCUT2D eigenvalue weighted by Crippen LogP contribution is -2.35. The van der Waals surface area contributed by atoms with Gasteiger partial charge in [0.15, 0.2) is 0 Å². The van der Waals surface area contributed by atoms with Crippen molar-refractivity contribution in [3.8, 4) is 0 Å². The predicted molar refractivity (Wildman–Crippen MR) is 123 cm³/mol. The van der Waals surface area contributed by atoms with E-state index in [0.29, 0.717) is 23.4 Å². The maximum absolute atomic E-state index is 11.7. The summed E-state index contributed by atoms with van der Waals surface area (Å²) in [6.07, 6.45) is 12.2. The number of rotatable bonds is 6. The predicted octanol–water partition coefficient (Wildman–Crippen LogP) is 6.44. The van der Waals surface area contributed by atoms with Gasteiger partial charge in [-0.1, -0.05) is 73.9 Å². The lowest BCUT2D eigenvalue weighted by atomic mass is 9.79. The number of hydrogen-bond acceptors (Lipinski definition) is 3. The Morgan fingerprint density at radius 1 is 1.03 bits per heavy atom. The van der Waals surface area contributed by atoms with E-state index in [9.17, 15) is 10.1 Å². The number of hydrogen-bond donors (Lipinski definition) is 1. The van der Waals surface area contributed by atoms with E-state index < -0.39 is 0 Å². The standard InChI is InChI=1S/C26H32N2O2/c29-28(30)26-18-20(14-15-25(26)22-11-5-2-6-12-22)8-7-13-23-19-27-17-16-24(23)21-9-3-1-4-10-21/h1,3-4,7-10,14-15,18,22-24,27H,2,5-6,11-13,16-17,19H2/t23-,24+/m0/s1. The average molecular weight is 405 g/mol. The van der Waals surface area contributed by atoms with Crippen LogP contribution in [0.2, 0.25) is 0 Å². The first-order valence-electron chi connectivity index (χ1n) is 11.4. The Bertz CT molecular complexity index is 872. The van der Waals surface area contributed by atoms with Crippen molar-refractivity contribution in [1.29, 1.82) is 0 Å². The lowest BCUT2D eigenvalue weighted by Gasteiger charge is -2.32. The van der Waals surface area contributed by atoms with Gasteiger partial charge in [0.1, 0.15) is 0 Å². The first-order chi connectivity index (χ1) is 14.7. The molecular formula is C26H32N2O2. The largest absolute Gasteiger partial charge is 0.316 e. The summed E-state index contributed by atoms with van der Waals surface area (Å²) in [7, 11) is 0. The molecule has 0 bridgehead atoms. The summed E-state index contributed by atoms with van der Waals surface area (Å²) in [4.78, 5) is 11.5. The van der Waals surface area contributed by atoms with E-state index in [1.54, 1.807) is 6.07 Å². The molecule has 0 radical (unpaired) electrons. The zero-order valence-electron chi connectivity index (χ0n) is 17.6. The number of allylic oxidation sites excluding steroid dienone is 1. The summed E-state index contributed by atoms with van der Waals surface area (Å²) in [5, 5.41) is 15.2. The highest BCUT2D eigenvalue weighted by Gasteiger charge is 2.26. The monoisotopic (exact) mass is 404 g/mol. The number of nitrogens with zero attached hydrogens (tertiary/aromatic N) is 1. The average Bonchev–Trinajstić information content (AvgIpc) is 2.80. The maximum Gasteiger partial charge on any atom is 0.273 e. The molecule has 2 aromatic rings. The van der Waals surface area contributed by atoms with Crippen LogP contribution in [-0.4, -0.2) is 18.0 Å². The molecule has 1 aliphatic carbocycles. The molecule has 2 aromatic carbocycles. The fourth-order valence-electron chi connectivity index (χ4n) is 5.27. The molecule has 1 saturated heterocycles. The Labute approximate surface area is 179 Å². The van der Waals surface area contributed by atoms with E-state index in [1.165, 1.54) is 24.8 Å². The minimum atomic E-state index is -0.197. The number of piperidine rings is 1. The van der Waals surface area contributed by atoms with Crippen LogP contribution in [-0.2, 0) is 0 Å². The van der Waals surface area contributed by atoms with Crippen LogP contribution in [0.25, 0.3) is 6.08 Å². The molecule has 30 heavy (non-hydrogen) atoms. The highest BCUT2D eigenvalue weighted by Crippen LogP contribution is 2.38. The molecule has 4 nitrogen and oxygen atoms in total. The van der Waals surface area contributed by atoms with Crippen LogP contribution in [0.3, 0.4) is 0 Å². The van der Waals surface area contributed by atoms with Crippen molar-refractivity contribution >= 4 is 11.8 Å². The van der Waals surface area contributed by atoms with E-state index in [2.05, 4.69) is 53.9 Å². The zero-order valence-corrected chi connectivity index (χ0v) is 17.6. The second kappa shape index (κ2) is 10.0.